The number of urea groups is 1. The third-order valence-corrected chi connectivity index (χ3v) is 3.55. The molecular formula is C14H20N2O. The zero-order chi connectivity index (χ0) is 12.3. The van der Waals surface area contributed by atoms with E-state index in [0.717, 1.165) is 18.4 Å². The first-order valence-corrected chi connectivity index (χ1v) is 6.22. The summed E-state index contributed by atoms with van der Waals surface area (Å²) in [6, 6.07) is 9.89. The van der Waals surface area contributed by atoms with Crippen LogP contribution in [0.2, 0.25) is 0 Å². The Bertz CT molecular complexity index is 382. The summed E-state index contributed by atoms with van der Waals surface area (Å²) in [5, 5.41) is 5.99. The molecule has 3 heteroatoms. The summed E-state index contributed by atoms with van der Waals surface area (Å²) in [6.45, 7) is 4.90. The highest BCUT2D eigenvalue weighted by molar-refractivity contribution is 5.75. The van der Waals surface area contributed by atoms with E-state index in [1.165, 1.54) is 0 Å². The SMILES string of the molecule is CC(C)C1(NC(=O)NCc2ccccc2)CC1. The smallest absolute Gasteiger partial charge is 0.315 e. The summed E-state index contributed by atoms with van der Waals surface area (Å²) in [5.74, 6) is 0.505. The van der Waals surface area contributed by atoms with Gasteiger partial charge in [0.1, 0.15) is 0 Å². The monoisotopic (exact) mass is 232 g/mol. The molecule has 0 radical (unpaired) electrons. The van der Waals surface area contributed by atoms with Crippen LogP contribution in [0.15, 0.2) is 30.3 Å². The minimum absolute atomic E-state index is 0.0555. The number of hydrogen-bond donors (Lipinski definition) is 2. The fourth-order valence-corrected chi connectivity index (χ4v) is 2.03. The fourth-order valence-electron chi connectivity index (χ4n) is 2.03. The normalized spacial score (nSPS) is 16.6. The highest BCUT2D eigenvalue weighted by Gasteiger charge is 2.46. The molecule has 0 aromatic heterocycles. The van der Waals surface area contributed by atoms with Crippen LogP contribution in [0.5, 0.6) is 0 Å². The molecule has 1 saturated carbocycles. The van der Waals surface area contributed by atoms with Gasteiger partial charge in [0.15, 0.2) is 0 Å². The fraction of sp³-hybridized carbons (Fsp3) is 0.500. The van der Waals surface area contributed by atoms with Gasteiger partial charge in [0.2, 0.25) is 0 Å². The Balaban J connectivity index is 1.79. The second kappa shape index (κ2) is 4.78. The summed E-state index contributed by atoms with van der Waals surface area (Å²) >= 11 is 0. The Hall–Kier alpha value is -1.51. The molecule has 1 fully saturated rings. The van der Waals surface area contributed by atoms with Gasteiger partial charge in [-0.05, 0) is 24.3 Å². The quantitative estimate of drug-likeness (QED) is 0.823. The average Bonchev–Trinajstić information content (AvgIpc) is 3.09. The van der Waals surface area contributed by atoms with Gasteiger partial charge >= 0.3 is 6.03 Å². The molecule has 1 aromatic rings. The van der Waals surface area contributed by atoms with Crippen LogP contribution in [0.1, 0.15) is 32.3 Å². The first-order valence-electron chi connectivity index (χ1n) is 6.22. The molecule has 3 nitrogen and oxygen atoms in total. The van der Waals surface area contributed by atoms with Crippen LogP contribution in [0.3, 0.4) is 0 Å². The molecule has 0 bridgehead atoms. The van der Waals surface area contributed by atoms with Crippen LogP contribution in [-0.2, 0) is 6.54 Å². The maximum atomic E-state index is 11.8. The minimum Gasteiger partial charge on any atom is -0.334 e. The molecule has 0 atom stereocenters. The van der Waals surface area contributed by atoms with Crippen molar-refractivity contribution >= 4 is 6.03 Å². The van der Waals surface area contributed by atoms with Crippen molar-refractivity contribution in [3.8, 4) is 0 Å². The van der Waals surface area contributed by atoms with Crippen LogP contribution in [0.4, 0.5) is 4.79 Å². The predicted molar refractivity (Wildman–Crippen MR) is 68.6 cm³/mol. The van der Waals surface area contributed by atoms with Gasteiger partial charge in [0.25, 0.3) is 0 Å². The number of rotatable bonds is 4. The highest BCUT2D eigenvalue weighted by Crippen LogP contribution is 2.41. The Kier molecular flexibility index (Phi) is 3.36. The Morgan fingerprint density at radius 1 is 1.29 bits per heavy atom. The van der Waals surface area contributed by atoms with Gasteiger partial charge < -0.3 is 10.6 Å². The number of carbonyl (C=O) groups excluding carboxylic acids is 1. The van der Waals surface area contributed by atoms with E-state index in [0.29, 0.717) is 12.5 Å². The zero-order valence-electron chi connectivity index (χ0n) is 10.5. The molecule has 0 spiro atoms. The maximum Gasteiger partial charge on any atom is 0.315 e. The summed E-state index contributed by atoms with van der Waals surface area (Å²) < 4.78 is 0. The number of carbonyl (C=O) groups is 1. The molecule has 2 rings (SSSR count). The Morgan fingerprint density at radius 3 is 2.47 bits per heavy atom. The molecule has 0 aliphatic heterocycles. The van der Waals surface area contributed by atoms with Crippen molar-refractivity contribution in [3.63, 3.8) is 0 Å². The van der Waals surface area contributed by atoms with Crippen LogP contribution in [-0.4, -0.2) is 11.6 Å². The van der Waals surface area contributed by atoms with Crippen molar-refractivity contribution in [1.82, 2.24) is 10.6 Å². The van der Waals surface area contributed by atoms with Gasteiger partial charge in [-0.2, -0.15) is 0 Å². The molecular weight excluding hydrogens is 212 g/mol. The standard InChI is InChI=1S/C14H20N2O/c1-11(2)14(8-9-14)16-13(17)15-10-12-6-4-3-5-7-12/h3-7,11H,8-10H2,1-2H3,(H2,15,16,17). The molecule has 2 N–H and O–H groups in total. The van der Waals surface area contributed by atoms with Gasteiger partial charge in [-0.15, -0.1) is 0 Å². The molecule has 0 unspecified atom stereocenters. The van der Waals surface area contributed by atoms with E-state index in [4.69, 9.17) is 0 Å². The van der Waals surface area contributed by atoms with Crippen molar-refractivity contribution in [2.75, 3.05) is 0 Å². The summed E-state index contributed by atoms with van der Waals surface area (Å²) in [4.78, 5) is 11.8. The van der Waals surface area contributed by atoms with E-state index in [1.54, 1.807) is 0 Å². The van der Waals surface area contributed by atoms with Crippen molar-refractivity contribution in [2.45, 2.75) is 38.8 Å². The lowest BCUT2D eigenvalue weighted by Gasteiger charge is -2.21. The predicted octanol–water partition coefficient (Wildman–Crippen LogP) is 2.67. The van der Waals surface area contributed by atoms with Gasteiger partial charge in [0, 0.05) is 12.1 Å². The molecule has 1 aliphatic carbocycles. The van der Waals surface area contributed by atoms with E-state index in [9.17, 15) is 4.79 Å². The highest BCUT2D eigenvalue weighted by atomic mass is 16.2. The lowest BCUT2D eigenvalue weighted by atomic mass is 10.0. The molecule has 0 heterocycles. The molecule has 2 amide bonds. The molecule has 17 heavy (non-hydrogen) atoms. The Labute approximate surface area is 103 Å². The van der Waals surface area contributed by atoms with E-state index in [2.05, 4.69) is 24.5 Å². The largest absolute Gasteiger partial charge is 0.334 e. The van der Waals surface area contributed by atoms with Gasteiger partial charge in [-0.1, -0.05) is 44.2 Å². The van der Waals surface area contributed by atoms with E-state index in [1.807, 2.05) is 30.3 Å². The first kappa shape index (κ1) is 12.0. The molecule has 0 saturated heterocycles. The number of hydrogen-bond acceptors (Lipinski definition) is 1. The van der Waals surface area contributed by atoms with Gasteiger partial charge in [0.05, 0.1) is 0 Å². The number of amides is 2. The lowest BCUT2D eigenvalue weighted by molar-refractivity contribution is 0.230. The van der Waals surface area contributed by atoms with Gasteiger partial charge in [-0.25, -0.2) is 4.79 Å². The van der Waals surface area contributed by atoms with Crippen molar-refractivity contribution in [2.24, 2.45) is 5.92 Å². The molecule has 92 valence electrons. The number of benzene rings is 1. The van der Waals surface area contributed by atoms with Crippen LogP contribution < -0.4 is 10.6 Å². The average molecular weight is 232 g/mol. The van der Waals surface area contributed by atoms with Crippen molar-refractivity contribution in [1.29, 1.82) is 0 Å². The van der Waals surface area contributed by atoms with Crippen LogP contribution in [0, 0.1) is 5.92 Å². The van der Waals surface area contributed by atoms with E-state index >= 15 is 0 Å². The minimum atomic E-state index is -0.0555. The number of nitrogens with one attached hydrogen (secondary N) is 2. The molecule has 1 aliphatic rings. The van der Waals surface area contributed by atoms with Crippen LogP contribution in [0.25, 0.3) is 0 Å². The zero-order valence-corrected chi connectivity index (χ0v) is 10.5. The van der Waals surface area contributed by atoms with Crippen LogP contribution >= 0.6 is 0 Å². The molecule has 1 aromatic carbocycles. The van der Waals surface area contributed by atoms with Crippen molar-refractivity contribution in [3.05, 3.63) is 35.9 Å². The van der Waals surface area contributed by atoms with Crippen molar-refractivity contribution < 1.29 is 4.79 Å². The van der Waals surface area contributed by atoms with E-state index < -0.39 is 0 Å². The summed E-state index contributed by atoms with van der Waals surface area (Å²) in [6.07, 6.45) is 2.20. The third kappa shape index (κ3) is 2.99. The third-order valence-electron chi connectivity index (χ3n) is 3.55. The Morgan fingerprint density at radius 2 is 1.94 bits per heavy atom. The summed E-state index contributed by atoms with van der Waals surface area (Å²) in [5.41, 5.74) is 1.18. The topological polar surface area (TPSA) is 41.1 Å². The second-order valence-electron chi connectivity index (χ2n) is 5.10. The lowest BCUT2D eigenvalue weighted by Crippen LogP contribution is -2.46. The maximum absolute atomic E-state index is 11.8. The van der Waals surface area contributed by atoms with E-state index in [-0.39, 0.29) is 11.6 Å². The second-order valence-corrected chi connectivity index (χ2v) is 5.10. The summed E-state index contributed by atoms with van der Waals surface area (Å²) in [7, 11) is 0. The first-order chi connectivity index (χ1) is 8.12. The van der Waals surface area contributed by atoms with Gasteiger partial charge in [-0.3, -0.25) is 0 Å².